The minimum Gasteiger partial charge on any atom is -0.298 e. The van der Waals surface area contributed by atoms with Gasteiger partial charge in [-0.3, -0.25) is 4.79 Å². The monoisotopic (exact) mass is 206 g/mol. The summed E-state index contributed by atoms with van der Waals surface area (Å²) in [6.07, 6.45) is 4.20. The standard InChI is InChI=1S/C10H7ClN2O/c11-9-3-2-8(7-14)10(6-9)13-5-1-4-12-13/h1-7H. The van der Waals surface area contributed by atoms with Gasteiger partial charge in [-0.25, -0.2) is 4.68 Å². The third kappa shape index (κ3) is 1.54. The van der Waals surface area contributed by atoms with E-state index in [0.29, 0.717) is 16.3 Å². The third-order valence-corrected chi connectivity index (χ3v) is 2.11. The first kappa shape index (κ1) is 8.97. The van der Waals surface area contributed by atoms with Gasteiger partial charge >= 0.3 is 0 Å². The van der Waals surface area contributed by atoms with E-state index in [1.807, 2.05) is 0 Å². The summed E-state index contributed by atoms with van der Waals surface area (Å²) in [7, 11) is 0. The Morgan fingerprint density at radius 3 is 2.93 bits per heavy atom. The van der Waals surface area contributed by atoms with E-state index < -0.39 is 0 Å². The van der Waals surface area contributed by atoms with E-state index in [-0.39, 0.29) is 0 Å². The first-order valence-corrected chi connectivity index (χ1v) is 4.44. The molecule has 1 aromatic heterocycles. The molecule has 4 heteroatoms. The van der Waals surface area contributed by atoms with E-state index in [1.165, 1.54) is 0 Å². The van der Waals surface area contributed by atoms with Crippen LogP contribution in [0.4, 0.5) is 0 Å². The van der Waals surface area contributed by atoms with Crippen LogP contribution in [0.15, 0.2) is 36.7 Å². The van der Waals surface area contributed by atoms with Crippen molar-refractivity contribution >= 4 is 17.9 Å². The number of benzene rings is 1. The summed E-state index contributed by atoms with van der Waals surface area (Å²) in [5.74, 6) is 0. The fraction of sp³-hybridized carbons (Fsp3) is 0. The minimum atomic E-state index is 0.568. The van der Waals surface area contributed by atoms with Crippen LogP contribution in [0.5, 0.6) is 0 Å². The zero-order valence-corrected chi connectivity index (χ0v) is 7.98. The van der Waals surface area contributed by atoms with Gasteiger partial charge in [0, 0.05) is 23.0 Å². The molecule has 1 heterocycles. The predicted molar refractivity (Wildman–Crippen MR) is 54.0 cm³/mol. The van der Waals surface area contributed by atoms with Gasteiger partial charge in [0.2, 0.25) is 0 Å². The van der Waals surface area contributed by atoms with Crippen LogP contribution in [0.25, 0.3) is 5.69 Å². The molecular formula is C10H7ClN2O. The number of carbonyl (C=O) groups excluding carboxylic acids is 1. The van der Waals surface area contributed by atoms with Gasteiger partial charge in [-0.15, -0.1) is 0 Å². The summed E-state index contributed by atoms with van der Waals surface area (Å²) in [5.41, 5.74) is 1.26. The maximum Gasteiger partial charge on any atom is 0.152 e. The molecular weight excluding hydrogens is 200 g/mol. The zero-order chi connectivity index (χ0) is 9.97. The quantitative estimate of drug-likeness (QED) is 0.707. The Morgan fingerprint density at radius 2 is 2.29 bits per heavy atom. The molecule has 1 aromatic carbocycles. The maximum atomic E-state index is 10.7. The van der Waals surface area contributed by atoms with Crippen molar-refractivity contribution in [2.24, 2.45) is 0 Å². The van der Waals surface area contributed by atoms with Gasteiger partial charge < -0.3 is 0 Å². The van der Waals surface area contributed by atoms with Crippen LogP contribution >= 0.6 is 11.6 Å². The molecule has 0 amide bonds. The van der Waals surface area contributed by atoms with Gasteiger partial charge in [0.15, 0.2) is 6.29 Å². The number of halogens is 1. The Kier molecular flexibility index (Phi) is 2.33. The molecule has 0 aliphatic heterocycles. The predicted octanol–water partition coefficient (Wildman–Crippen LogP) is 2.34. The van der Waals surface area contributed by atoms with Gasteiger partial charge in [0.05, 0.1) is 5.69 Å². The highest BCUT2D eigenvalue weighted by Gasteiger charge is 2.04. The summed E-state index contributed by atoms with van der Waals surface area (Å²) in [6, 6.07) is 6.85. The molecule has 0 saturated heterocycles. The zero-order valence-electron chi connectivity index (χ0n) is 7.22. The SMILES string of the molecule is O=Cc1ccc(Cl)cc1-n1cccn1. The number of nitrogens with zero attached hydrogens (tertiary/aromatic N) is 2. The summed E-state index contributed by atoms with van der Waals surface area (Å²) < 4.78 is 1.61. The van der Waals surface area contributed by atoms with Crippen LogP contribution in [-0.2, 0) is 0 Å². The minimum absolute atomic E-state index is 0.568. The highest BCUT2D eigenvalue weighted by molar-refractivity contribution is 6.30. The summed E-state index contributed by atoms with van der Waals surface area (Å²) in [4.78, 5) is 10.7. The van der Waals surface area contributed by atoms with Gasteiger partial charge in [-0.05, 0) is 24.3 Å². The molecule has 0 bridgehead atoms. The lowest BCUT2D eigenvalue weighted by Gasteiger charge is -2.04. The smallest absolute Gasteiger partial charge is 0.152 e. The lowest BCUT2D eigenvalue weighted by molar-refractivity contribution is 0.112. The fourth-order valence-corrected chi connectivity index (χ4v) is 1.39. The molecule has 0 spiro atoms. The van der Waals surface area contributed by atoms with Crippen LogP contribution in [0, 0.1) is 0 Å². The van der Waals surface area contributed by atoms with E-state index in [0.717, 1.165) is 6.29 Å². The molecule has 0 atom stereocenters. The Hall–Kier alpha value is -1.61. The molecule has 0 aliphatic rings. The topological polar surface area (TPSA) is 34.9 Å². The number of aldehydes is 1. The molecule has 0 radical (unpaired) electrons. The van der Waals surface area contributed by atoms with E-state index in [9.17, 15) is 4.79 Å². The average Bonchev–Trinajstić information content (AvgIpc) is 2.70. The molecule has 14 heavy (non-hydrogen) atoms. The van der Waals surface area contributed by atoms with Crippen molar-refractivity contribution < 1.29 is 4.79 Å². The number of rotatable bonds is 2. The van der Waals surface area contributed by atoms with Crippen molar-refractivity contribution in [1.29, 1.82) is 0 Å². The van der Waals surface area contributed by atoms with Crippen molar-refractivity contribution in [1.82, 2.24) is 9.78 Å². The van der Waals surface area contributed by atoms with Gasteiger partial charge in [-0.2, -0.15) is 5.10 Å². The number of hydrogen-bond acceptors (Lipinski definition) is 2. The van der Waals surface area contributed by atoms with E-state index in [1.54, 1.807) is 41.3 Å². The number of aromatic nitrogens is 2. The second-order valence-corrected chi connectivity index (χ2v) is 3.21. The van der Waals surface area contributed by atoms with Crippen LogP contribution in [0.3, 0.4) is 0 Å². The van der Waals surface area contributed by atoms with E-state index in [2.05, 4.69) is 5.10 Å². The number of hydrogen-bond donors (Lipinski definition) is 0. The molecule has 0 aliphatic carbocycles. The normalized spacial score (nSPS) is 10.1. The van der Waals surface area contributed by atoms with Gasteiger partial charge in [-0.1, -0.05) is 11.6 Å². The summed E-state index contributed by atoms with van der Waals surface area (Å²) in [6.45, 7) is 0. The van der Waals surface area contributed by atoms with Crippen molar-refractivity contribution in [2.75, 3.05) is 0 Å². The van der Waals surface area contributed by atoms with Crippen LogP contribution in [0.2, 0.25) is 5.02 Å². The molecule has 0 N–H and O–H groups in total. The molecule has 2 aromatic rings. The van der Waals surface area contributed by atoms with Crippen LogP contribution in [0.1, 0.15) is 10.4 Å². The molecule has 2 rings (SSSR count). The summed E-state index contributed by atoms with van der Waals surface area (Å²) in [5, 5.41) is 4.62. The number of carbonyl (C=O) groups is 1. The van der Waals surface area contributed by atoms with Gasteiger partial charge in [0.1, 0.15) is 0 Å². The maximum absolute atomic E-state index is 10.7. The first-order valence-electron chi connectivity index (χ1n) is 4.06. The van der Waals surface area contributed by atoms with Crippen molar-refractivity contribution in [3.8, 4) is 5.69 Å². The molecule has 3 nitrogen and oxygen atoms in total. The first-order chi connectivity index (χ1) is 6.81. The molecule has 0 saturated carbocycles. The molecule has 70 valence electrons. The van der Waals surface area contributed by atoms with E-state index in [4.69, 9.17) is 11.6 Å². The van der Waals surface area contributed by atoms with Gasteiger partial charge in [0.25, 0.3) is 0 Å². The van der Waals surface area contributed by atoms with E-state index >= 15 is 0 Å². The van der Waals surface area contributed by atoms with Crippen molar-refractivity contribution in [3.63, 3.8) is 0 Å². The Balaban J connectivity index is 2.61. The summed E-state index contributed by atoms with van der Waals surface area (Å²) >= 11 is 5.83. The average molecular weight is 207 g/mol. The second-order valence-electron chi connectivity index (χ2n) is 2.77. The lowest BCUT2D eigenvalue weighted by atomic mass is 10.2. The van der Waals surface area contributed by atoms with Crippen molar-refractivity contribution in [3.05, 3.63) is 47.2 Å². The Bertz CT molecular complexity index is 451. The highest BCUT2D eigenvalue weighted by Crippen LogP contribution is 2.17. The Labute approximate surface area is 85.9 Å². The highest BCUT2D eigenvalue weighted by atomic mass is 35.5. The van der Waals surface area contributed by atoms with Crippen molar-refractivity contribution in [2.45, 2.75) is 0 Å². The molecule has 0 fully saturated rings. The lowest BCUT2D eigenvalue weighted by Crippen LogP contribution is -1.98. The Morgan fingerprint density at radius 1 is 1.43 bits per heavy atom. The van der Waals surface area contributed by atoms with Crippen LogP contribution < -0.4 is 0 Å². The third-order valence-electron chi connectivity index (χ3n) is 1.87. The second kappa shape index (κ2) is 3.64. The van der Waals surface area contributed by atoms with Crippen LogP contribution in [-0.4, -0.2) is 16.1 Å². The largest absolute Gasteiger partial charge is 0.298 e. The molecule has 0 unspecified atom stereocenters. The fourth-order valence-electron chi connectivity index (χ4n) is 1.23.